The van der Waals surface area contributed by atoms with Gasteiger partial charge >= 0.3 is 11.9 Å². The molecule has 6 heteroatoms. The minimum absolute atomic E-state index is 0.00462. The van der Waals surface area contributed by atoms with Crippen molar-refractivity contribution >= 4 is 23.7 Å². The van der Waals surface area contributed by atoms with Gasteiger partial charge in [0.05, 0.1) is 6.42 Å². The first kappa shape index (κ1) is 33.0. The molecule has 0 bridgehead atoms. The van der Waals surface area contributed by atoms with Crippen LogP contribution in [0.1, 0.15) is 119 Å². The van der Waals surface area contributed by atoms with E-state index in [0.29, 0.717) is 17.9 Å². The summed E-state index contributed by atoms with van der Waals surface area (Å²) in [4.78, 5) is 25.1. The van der Waals surface area contributed by atoms with Crippen LogP contribution in [0.2, 0.25) is 0 Å². The van der Waals surface area contributed by atoms with Crippen molar-refractivity contribution in [3.05, 3.63) is 63.2 Å². The molecule has 1 fully saturated rings. The quantitative estimate of drug-likeness (QED) is 0.244. The van der Waals surface area contributed by atoms with Crippen LogP contribution in [0.25, 0.3) is 0 Å². The maximum atomic E-state index is 13.7. The molecule has 3 N–H and O–H groups in total. The topological polar surface area (TPSA) is 94.8 Å². The van der Waals surface area contributed by atoms with Gasteiger partial charge in [0, 0.05) is 17.9 Å². The predicted octanol–water partition coefficient (Wildman–Crippen LogP) is 8.31. The molecule has 226 valence electrons. The van der Waals surface area contributed by atoms with E-state index in [1.54, 1.807) is 0 Å². The minimum atomic E-state index is -1.17. The van der Waals surface area contributed by atoms with Crippen LogP contribution in [0.3, 0.4) is 0 Å². The molecule has 0 radical (unpaired) electrons. The van der Waals surface area contributed by atoms with Gasteiger partial charge in [-0.15, -0.1) is 0 Å². The molecule has 1 aliphatic carbocycles. The first-order chi connectivity index (χ1) is 19.0. The van der Waals surface area contributed by atoms with E-state index < -0.39 is 17.4 Å². The number of aliphatic carboxylic acids is 2. The molecule has 1 unspecified atom stereocenters. The third-order valence-corrected chi connectivity index (χ3v) is 9.77. The number of hydrogen-bond acceptors (Lipinski definition) is 4. The van der Waals surface area contributed by atoms with E-state index in [1.165, 1.54) is 11.8 Å². The summed E-state index contributed by atoms with van der Waals surface area (Å²) in [5.41, 5.74) is 4.95. The second-order valence-electron chi connectivity index (χ2n) is 14.2. The maximum absolute atomic E-state index is 13.7. The maximum Gasteiger partial charge on any atom is 0.315 e. The number of aromatic hydroxyl groups is 1. The van der Waals surface area contributed by atoms with E-state index in [1.807, 2.05) is 19.1 Å². The number of carbonyl (C=O) groups is 2. The molecule has 0 aliphatic heterocycles. The van der Waals surface area contributed by atoms with Crippen molar-refractivity contribution in [2.75, 3.05) is 11.5 Å². The number of carboxylic acids is 2. The zero-order valence-electron chi connectivity index (χ0n) is 26.3. The van der Waals surface area contributed by atoms with Gasteiger partial charge < -0.3 is 15.3 Å². The fourth-order valence-corrected chi connectivity index (χ4v) is 7.90. The van der Waals surface area contributed by atoms with Gasteiger partial charge in [0.15, 0.2) is 0 Å². The monoisotopic (exact) mass is 582 g/mol. The summed E-state index contributed by atoms with van der Waals surface area (Å²) < 4.78 is 0. The van der Waals surface area contributed by atoms with Gasteiger partial charge in [0.1, 0.15) is 11.2 Å². The zero-order chi connectivity index (χ0) is 30.8. The summed E-state index contributed by atoms with van der Waals surface area (Å²) in [5.74, 6) is -0.769. The van der Waals surface area contributed by atoms with Crippen molar-refractivity contribution in [1.82, 2.24) is 0 Å². The fourth-order valence-electron chi connectivity index (χ4n) is 6.61. The summed E-state index contributed by atoms with van der Waals surface area (Å²) in [6, 6.07) is 8.33. The summed E-state index contributed by atoms with van der Waals surface area (Å²) in [5, 5.41) is 32.0. The number of benzene rings is 2. The number of phenolic OH excluding ortho intramolecular Hbond substituents is 1. The summed E-state index contributed by atoms with van der Waals surface area (Å²) >= 11 is 1.44. The van der Waals surface area contributed by atoms with Crippen LogP contribution in [-0.4, -0.2) is 38.8 Å². The Kier molecular flexibility index (Phi) is 10.3. The van der Waals surface area contributed by atoms with Crippen LogP contribution in [0.4, 0.5) is 0 Å². The van der Waals surface area contributed by atoms with Crippen LogP contribution in [0.5, 0.6) is 5.75 Å². The Morgan fingerprint density at radius 1 is 0.829 bits per heavy atom. The van der Waals surface area contributed by atoms with Gasteiger partial charge in [0.2, 0.25) is 0 Å². The van der Waals surface area contributed by atoms with E-state index in [-0.39, 0.29) is 28.9 Å². The van der Waals surface area contributed by atoms with Gasteiger partial charge in [-0.2, -0.15) is 11.8 Å². The first-order valence-electron chi connectivity index (χ1n) is 15.0. The molecule has 2 aromatic rings. The lowest BCUT2D eigenvalue weighted by Gasteiger charge is -2.44. The Hall–Kier alpha value is -2.47. The molecule has 1 atom stereocenters. The van der Waals surface area contributed by atoms with Crippen LogP contribution in [0.15, 0.2) is 24.3 Å². The fraction of sp³-hybridized carbons (Fsp3) is 0.600. The highest BCUT2D eigenvalue weighted by atomic mass is 32.2. The smallest absolute Gasteiger partial charge is 0.315 e. The second kappa shape index (κ2) is 12.8. The van der Waals surface area contributed by atoms with Gasteiger partial charge in [-0.25, -0.2) is 0 Å². The highest BCUT2D eigenvalue weighted by Gasteiger charge is 2.50. The molecule has 1 saturated carbocycles. The van der Waals surface area contributed by atoms with E-state index in [2.05, 4.69) is 60.6 Å². The van der Waals surface area contributed by atoms with Crippen LogP contribution in [0, 0.1) is 19.8 Å². The number of carboxylic acid groups (broad SMARTS) is 2. The molecule has 41 heavy (non-hydrogen) atoms. The number of phenols is 1. The number of thioether (sulfide) groups is 1. The minimum Gasteiger partial charge on any atom is -0.507 e. The van der Waals surface area contributed by atoms with Crippen molar-refractivity contribution in [2.45, 2.75) is 117 Å². The van der Waals surface area contributed by atoms with Crippen molar-refractivity contribution in [3.63, 3.8) is 0 Å². The van der Waals surface area contributed by atoms with Crippen molar-refractivity contribution in [1.29, 1.82) is 0 Å². The normalized spacial score (nSPS) is 16.4. The Balaban J connectivity index is 2.35. The molecular formula is C35H50O5S. The molecule has 0 spiro atoms. The van der Waals surface area contributed by atoms with Crippen LogP contribution >= 0.6 is 11.8 Å². The molecule has 1 aliphatic rings. The Morgan fingerprint density at radius 3 is 1.88 bits per heavy atom. The van der Waals surface area contributed by atoms with Gasteiger partial charge in [-0.3, -0.25) is 9.59 Å². The van der Waals surface area contributed by atoms with Crippen molar-refractivity contribution < 1.29 is 24.9 Å². The van der Waals surface area contributed by atoms with Gasteiger partial charge in [-0.1, -0.05) is 96.2 Å². The predicted molar refractivity (Wildman–Crippen MR) is 170 cm³/mol. The van der Waals surface area contributed by atoms with Crippen molar-refractivity contribution in [3.8, 4) is 5.75 Å². The zero-order valence-corrected chi connectivity index (χ0v) is 27.1. The lowest BCUT2D eigenvalue weighted by Crippen LogP contribution is -2.48. The first-order valence-corrected chi connectivity index (χ1v) is 16.1. The summed E-state index contributed by atoms with van der Waals surface area (Å²) in [6.45, 7) is 16.8. The van der Waals surface area contributed by atoms with E-state index in [0.717, 1.165) is 71.0 Å². The molecule has 3 rings (SSSR count). The average molecular weight is 583 g/mol. The molecular weight excluding hydrogens is 532 g/mol. The summed E-state index contributed by atoms with van der Waals surface area (Å²) in [7, 11) is 0. The summed E-state index contributed by atoms with van der Waals surface area (Å²) in [6.07, 6.45) is 5.22. The molecule has 5 nitrogen and oxygen atoms in total. The molecule has 0 heterocycles. The third-order valence-electron chi connectivity index (χ3n) is 8.61. The highest BCUT2D eigenvalue weighted by Crippen LogP contribution is 2.49. The molecule has 0 amide bonds. The largest absolute Gasteiger partial charge is 0.507 e. The van der Waals surface area contributed by atoms with E-state index in [9.17, 15) is 24.9 Å². The van der Waals surface area contributed by atoms with Crippen molar-refractivity contribution in [2.24, 2.45) is 5.92 Å². The Morgan fingerprint density at radius 2 is 1.37 bits per heavy atom. The Bertz CT molecular complexity index is 1260. The van der Waals surface area contributed by atoms with E-state index >= 15 is 0 Å². The Labute approximate surface area is 251 Å². The average Bonchev–Trinajstić information content (AvgIpc) is 2.85. The number of hydrogen-bond donors (Lipinski definition) is 3. The highest BCUT2D eigenvalue weighted by molar-refractivity contribution is 7.99. The second-order valence-corrected chi connectivity index (χ2v) is 15.3. The molecule has 0 saturated heterocycles. The third kappa shape index (κ3) is 7.49. The molecule has 0 aromatic heterocycles. The lowest BCUT2D eigenvalue weighted by molar-refractivity contribution is -0.146. The van der Waals surface area contributed by atoms with Gasteiger partial charge in [-0.05, 0) is 71.3 Å². The lowest BCUT2D eigenvalue weighted by atomic mass is 9.61. The van der Waals surface area contributed by atoms with Crippen LogP contribution in [-0.2, 0) is 32.3 Å². The number of rotatable bonds is 10. The number of aryl methyl sites for hydroxylation is 2. The SMILES string of the molecule is Cc1cc(Cc2cc(C)cc(C(C)(C)C)c2C(CSCCC(=O)O)(C(=O)O)C2CCCCC2)c(O)c(C(C)(C)C)c1. The van der Waals surface area contributed by atoms with Crippen LogP contribution < -0.4 is 0 Å². The standard InChI is InChI=1S/C35H50O5S/c1-22-16-24(20-25-17-23(2)19-28(31(25)38)34(6,7)8)30(27(18-22)33(3,4)5)35(32(39)40,21-41-15-14-29(36)37)26-12-10-9-11-13-26/h16-19,26,38H,9-15,20-21H2,1-8H3,(H,36,37)(H,39,40). The molecule has 2 aromatic carbocycles. The van der Waals surface area contributed by atoms with E-state index in [4.69, 9.17) is 0 Å². The van der Waals surface area contributed by atoms with Gasteiger partial charge in [0.25, 0.3) is 0 Å².